The summed E-state index contributed by atoms with van der Waals surface area (Å²) in [7, 11) is 0. The SMILES string of the molecule is CCc1coc(N2CCC(Oc3nccc(C)n3)CC2)n1.O=C=O. The van der Waals surface area contributed by atoms with Gasteiger partial charge in [0.15, 0.2) is 0 Å². The summed E-state index contributed by atoms with van der Waals surface area (Å²) in [6, 6.07) is 3.05. The van der Waals surface area contributed by atoms with Crippen LogP contribution in [0.2, 0.25) is 0 Å². The highest BCUT2D eigenvalue weighted by atomic mass is 16.5. The molecule has 3 heterocycles. The molecule has 128 valence electrons. The van der Waals surface area contributed by atoms with Crippen LogP contribution in [0.4, 0.5) is 6.01 Å². The van der Waals surface area contributed by atoms with Crippen LogP contribution in [0.15, 0.2) is 22.9 Å². The Kier molecular flexibility index (Phi) is 6.45. The van der Waals surface area contributed by atoms with Crippen LogP contribution in [-0.4, -0.2) is 40.3 Å². The molecule has 1 aliphatic heterocycles. The smallest absolute Gasteiger partial charge is 0.373 e. The fraction of sp³-hybridized carbons (Fsp3) is 0.500. The molecule has 0 amide bonds. The zero-order valence-electron chi connectivity index (χ0n) is 13.8. The van der Waals surface area contributed by atoms with E-state index in [0.717, 1.165) is 49.8 Å². The van der Waals surface area contributed by atoms with E-state index in [0.29, 0.717) is 6.01 Å². The van der Waals surface area contributed by atoms with E-state index >= 15 is 0 Å². The third-order valence-electron chi connectivity index (χ3n) is 3.66. The highest BCUT2D eigenvalue weighted by Gasteiger charge is 2.24. The van der Waals surface area contributed by atoms with Crippen LogP contribution in [-0.2, 0) is 16.0 Å². The first-order valence-corrected chi connectivity index (χ1v) is 7.81. The lowest BCUT2D eigenvalue weighted by atomic mass is 10.1. The zero-order chi connectivity index (χ0) is 17.4. The topological polar surface area (TPSA) is 98.4 Å². The molecule has 0 bridgehead atoms. The van der Waals surface area contributed by atoms with Gasteiger partial charge in [0.2, 0.25) is 0 Å². The quantitative estimate of drug-likeness (QED) is 0.836. The van der Waals surface area contributed by atoms with Gasteiger partial charge < -0.3 is 14.1 Å². The van der Waals surface area contributed by atoms with E-state index in [4.69, 9.17) is 18.7 Å². The fourth-order valence-corrected chi connectivity index (χ4v) is 2.40. The molecule has 8 heteroatoms. The largest absolute Gasteiger partial charge is 0.460 e. The van der Waals surface area contributed by atoms with Crippen molar-refractivity contribution in [2.45, 2.75) is 39.2 Å². The van der Waals surface area contributed by atoms with Crippen molar-refractivity contribution in [3.05, 3.63) is 29.9 Å². The monoisotopic (exact) mass is 332 g/mol. The summed E-state index contributed by atoms with van der Waals surface area (Å²) >= 11 is 0. The number of aryl methyl sites for hydroxylation is 2. The van der Waals surface area contributed by atoms with E-state index in [1.165, 1.54) is 0 Å². The molecule has 0 aromatic carbocycles. The highest BCUT2D eigenvalue weighted by molar-refractivity contribution is 5.27. The van der Waals surface area contributed by atoms with Crippen LogP contribution in [0, 0.1) is 6.92 Å². The van der Waals surface area contributed by atoms with E-state index in [1.54, 1.807) is 12.5 Å². The Morgan fingerprint density at radius 3 is 2.62 bits per heavy atom. The van der Waals surface area contributed by atoms with Gasteiger partial charge in [0.25, 0.3) is 6.01 Å². The maximum Gasteiger partial charge on any atom is 0.373 e. The lowest BCUT2D eigenvalue weighted by Gasteiger charge is -2.30. The van der Waals surface area contributed by atoms with Crippen molar-refractivity contribution in [2.24, 2.45) is 0 Å². The number of hydrogen-bond acceptors (Lipinski definition) is 8. The van der Waals surface area contributed by atoms with Gasteiger partial charge in [-0.15, -0.1) is 0 Å². The second-order valence-corrected chi connectivity index (χ2v) is 5.34. The van der Waals surface area contributed by atoms with Gasteiger partial charge in [0.1, 0.15) is 12.4 Å². The second-order valence-electron chi connectivity index (χ2n) is 5.34. The molecule has 1 saturated heterocycles. The number of piperidine rings is 1. The molecule has 0 spiro atoms. The van der Waals surface area contributed by atoms with Crippen LogP contribution in [0.5, 0.6) is 6.01 Å². The summed E-state index contributed by atoms with van der Waals surface area (Å²) in [6.07, 6.45) is 6.60. The van der Waals surface area contributed by atoms with Gasteiger partial charge in [-0.05, 0) is 19.4 Å². The van der Waals surface area contributed by atoms with E-state index in [1.807, 2.05) is 13.0 Å². The summed E-state index contributed by atoms with van der Waals surface area (Å²) in [5, 5.41) is 0. The van der Waals surface area contributed by atoms with Crippen LogP contribution < -0.4 is 9.64 Å². The Bertz CT molecular complexity index is 674. The average Bonchev–Trinajstić information content (AvgIpc) is 3.05. The Morgan fingerprint density at radius 2 is 2.04 bits per heavy atom. The Hall–Kier alpha value is -2.73. The van der Waals surface area contributed by atoms with Crippen molar-refractivity contribution in [2.75, 3.05) is 18.0 Å². The molecule has 24 heavy (non-hydrogen) atoms. The van der Waals surface area contributed by atoms with E-state index in [2.05, 4.69) is 26.8 Å². The van der Waals surface area contributed by atoms with Crippen LogP contribution >= 0.6 is 0 Å². The first-order valence-electron chi connectivity index (χ1n) is 7.81. The minimum Gasteiger partial charge on any atom is -0.460 e. The number of ether oxygens (including phenoxy) is 1. The molecule has 2 aromatic heterocycles. The maximum absolute atomic E-state index is 8.12. The van der Waals surface area contributed by atoms with Crippen LogP contribution in [0.25, 0.3) is 0 Å². The Morgan fingerprint density at radius 1 is 1.33 bits per heavy atom. The third kappa shape index (κ3) is 4.89. The van der Waals surface area contributed by atoms with Crippen molar-refractivity contribution in [1.29, 1.82) is 0 Å². The van der Waals surface area contributed by atoms with Gasteiger partial charge in [-0.2, -0.15) is 14.6 Å². The number of aromatic nitrogens is 3. The molecule has 0 N–H and O–H groups in total. The van der Waals surface area contributed by atoms with Crippen LogP contribution in [0.1, 0.15) is 31.2 Å². The minimum absolute atomic E-state index is 0.156. The molecule has 0 aliphatic carbocycles. The van der Waals surface area contributed by atoms with Gasteiger partial charge in [-0.1, -0.05) is 6.92 Å². The summed E-state index contributed by atoms with van der Waals surface area (Å²) in [5.41, 5.74) is 1.92. The molecule has 1 fully saturated rings. The standard InChI is InChI=1S/C15H20N4O2.CO2/c1-3-12-10-20-15(18-12)19-8-5-13(6-9-19)21-14-16-7-4-11(2)17-14;2-1-3/h4,7,10,13H,3,5-6,8-9H2,1-2H3;. The summed E-state index contributed by atoms with van der Waals surface area (Å²) in [5.74, 6) is 0. The van der Waals surface area contributed by atoms with Gasteiger partial charge in [-0.25, -0.2) is 9.97 Å². The molecule has 0 atom stereocenters. The van der Waals surface area contributed by atoms with Gasteiger partial charge in [-0.3, -0.25) is 0 Å². The summed E-state index contributed by atoms with van der Waals surface area (Å²) in [6.45, 7) is 5.76. The molecular weight excluding hydrogens is 312 g/mol. The lowest BCUT2D eigenvalue weighted by Crippen LogP contribution is -2.38. The number of hydrogen-bond donors (Lipinski definition) is 0. The van der Waals surface area contributed by atoms with E-state index in [-0.39, 0.29) is 12.3 Å². The lowest BCUT2D eigenvalue weighted by molar-refractivity contribution is -0.191. The molecule has 3 rings (SSSR count). The third-order valence-corrected chi connectivity index (χ3v) is 3.66. The maximum atomic E-state index is 8.12. The van der Waals surface area contributed by atoms with Crippen molar-refractivity contribution in [1.82, 2.24) is 15.0 Å². The number of anilines is 1. The number of rotatable bonds is 4. The van der Waals surface area contributed by atoms with E-state index < -0.39 is 0 Å². The molecular formula is C16H20N4O4. The van der Waals surface area contributed by atoms with Crippen molar-refractivity contribution < 1.29 is 18.7 Å². The molecule has 0 saturated carbocycles. The van der Waals surface area contributed by atoms with Gasteiger partial charge in [0, 0.05) is 37.8 Å². The van der Waals surface area contributed by atoms with Crippen molar-refractivity contribution in [3.63, 3.8) is 0 Å². The normalized spacial score (nSPS) is 14.5. The number of nitrogens with zero attached hydrogens (tertiary/aromatic N) is 4. The molecule has 1 aliphatic rings. The van der Waals surface area contributed by atoms with Crippen molar-refractivity contribution in [3.8, 4) is 6.01 Å². The first kappa shape index (κ1) is 17.6. The molecule has 0 unspecified atom stereocenters. The number of carbonyl (C=O) groups excluding carboxylic acids is 2. The van der Waals surface area contributed by atoms with Crippen LogP contribution in [0.3, 0.4) is 0 Å². The predicted molar refractivity (Wildman–Crippen MR) is 83.5 cm³/mol. The molecule has 8 nitrogen and oxygen atoms in total. The zero-order valence-corrected chi connectivity index (χ0v) is 13.8. The molecule has 2 aromatic rings. The predicted octanol–water partition coefficient (Wildman–Crippen LogP) is 1.80. The summed E-state index contributed by atoms with van der Waals surface area (Å²) < 4.78 is 11.4. The van der Waals surface area contributed by atoms with Gasteiger partial charge in [0.05, 0.1) is 5.69 Å². The van der Waals surface area contributed by atoms with Gasteiger partial charge >= 0.3 is 12.2 Å². The fourth-order valence-electron chi connectivity index (χ4n) is 2.40. The first-order chi connectivity index (χ1) is 11.7. The Balaban J connectivity index is 0.000000647. The molecule has 0 radical (unpaired) electrons. The summed E-state index contributed by atoms with van der Waals surface area (Å²) in [4.78, 5) is 31.3. The van der Waals surface area contributed by atoms with E-state index in [9.17, 15) is 0 Å². The minimum atomic E-state index is 0.156. The Labute approximate surface area is 139 Å². The number of oxazole rings is 1. The average molecular weight is 332 g/mol. The van der Waals surface area contributed by atoms with Crippen molar-refractivity contribution >= 4 is 12.2 Å². The second kappa shape index (κ2) is 8.79. The highest BCUT2D eigenvalue weighted by Crippen LogP contribution is 2.21.